The predicted octanol–water partition coefficient (Wildman–Crippen LogP) is 4.89. The number of rotatable bonds is 7. The molecule has 4 rings (SSSR count). The average molecular weight is 431 g/mol. The van der Waals surface area contributed by atoms with E-state index in [0.29, 0.717) is 17.9 Å². The minimum Gasteiger partial charge on any atom is -0.497 e. The van der Waals surface area contributed by atoms with Gasteiger partial charge in [-0.25, -0.2) is 4.39 Å². The smallest absolute Gasteiger partial charge is 0.163 e. The average Bonchev–Trinajstić information content (AvgIpc) is 3.30. The van der Waals surface area contributed by atoms with Crippen molar-refractivity contribution in [3.05, 3.63) is 65.6 Å². The molecular formula is C24H28ClFN2O2. The number of likely N-dealkylation sites (tertiary alicyclic amines) is 1. The van der Waals surface area contributed by atoms with E-state index in [1.54, 1.807) is 19.2 Å². The van der Waals surface area contributed by atoms with Crippen LogP contribution in [0, 0.1) is 11.7 Å². The molecule has 1 unspecified atom stereocenters. The molecule has 3 aromatic rings. The van der Waals surface area contributed by atoms with Crippen molar-refractivity contribution >= 4 is 29.1 Å². The van der Waals surface area contributed by atoms with Crippen LogP contribution in [0.15, 0.2) is 48.7 Å². The van der Waals surface area contributed by atoms with E-state index in [-0.39, 0.29) is 24.0 Å². The van der Waals surface area contributed by atoms with Crippen LogP contribution in [0.5, 0.6) is 5.75 Å². The maximum absolute atomic E-state index is 13.0. The van der Waals surface area contributed by atoms with Gasteiger partial charge in [0, 0.05) is 49.2 Å². The summed E-state index contributed by atoms with van der Waals surface area (Å²) in [6.45, 7) is 2.95. The molecular weight excluding hydrogens is 403 g/mol. The number of ether oxygens (including phenoxy) is 1. The second-order valence-corrected chi connectivity index (χ2v) is 7.99. The van der Waals surface area contributed by atoms with E-state index in [2.05, 4.69) is 34.8 Å². The van der Waals surface area contributed by atoms with Gasteiger partial charge >= 0.3 is 0 Å². The number of methoxy groups -OCH3 is 1. The Hall–Kier alpha value is -2.37. The fourth-order valence-electron chi connectivity index (χ4n) is 4.36. The summed E-state index contributed by atoms with van der Waals surface area (Å²) in [7, 11) is 3.77. The molecule has 160 valence electrons. The first kappa shape index (κ1) is 22.3. The van der Waals surface area contributed by atoms with E-state index in [1.165, 1.54) is 28.6 Å². The van der Waals surface area contributed by atoms with Crippen molar-refractivity contribution in [3.63, 3.8) is 0 Å². The van der Waals surface area contributed by atoms with E-state index in [0.717, 1.165) is 38.2 Å². The first-order chi connectivity index (χ1) is 14.0. The van der Waals surface area contributed by atoms with Crippen LogP contribution < -0.4 is 4.74 Å². The highest BCUT2D eigenvalue weighted by Crippen LogP contribution is 2.27. The Labute approximate surface area is 183 Å². The summed E-state index contributed by atoms with van der Waals surface area (Å²) in [6.07, 6.45) is 4.75. The number of fused-ring (bicyclic) bond motifs is 1. The van der Waals surface area contributed by atoms with Gasteiger partial charge in [-0.1, -0.05) is 0 Å². The van der Waals surface area contributed by atoms with Gasteiger partial charge < -0.3 is 14.2 Å². The van der Waals surface area contributed by atoms with Crippen LogP contribution in [0.3, 0.4) is 0 Å². The number of hydrogen-bond donors (Lipinski definition) is 0. The first-order valence-electron chi connectivity index (χ1n) is 10.2. The van der Waals surface area contributed by atoms with Crippen molar-refractivity contribution in [2.24, 2.45) is 13.0 Å². The summed E-state index contributed by atoms with van der Waals surface area (Å²) in [4.78, 5) is 14.9. The molecule has 1 fully saturated rings. The number of Topliss-reactive ketones (excluding diaryl/α,β-unsaturated/α-hetero) is 1. The Morgan fingerprint density at radius 1 is 1.20 bits per heavy atom. The van der Waals surface area contributed by atoms with E-state index in [4.69, 9.17) is 4.74 Å². The molecule has 1 atom stereocenters. The first-order valence-corrected chi connectivity index (χ1v) is 10.2. The van der Waals surface area contributed by atoms with Crippen molar-refractivity contribution in [1.82, 2.24) is 9.47 Å². The van der Waals surface area contributed by atoms with Crippen molar-refractivity contribution in [2.45, 2.75) is 19.3 Å². The van der Waals surface area contributed by atoms with Crippen LogP contribution in [0.1, 0.15) is 28.8 Å². The second-order valence-electron chi connectivity index (χ2n) is 7.99. The van der Waals surface area contributed by atoms with Gasteiger partial charge in [-0.15, -0.1) is 12.4 Å². The van der Waals surface area contributed by atoms with E-state index in [1.807, 2.05) is 6.07 Å². The molecule has 0 spiro atoms. The normalized spacial score (nSPS) is 16.6. The minimum absolute atomic E-state index is 0. The SMILES string of the molecule is COc1ccc2c(c1)c(CCN1CCC(CC(=O)c3ccc(F)cc3)C1)cn2C.Cl. The number of benzene rings is 2. The van der Waals surface area contributed by atoms with Crippen LogP contribution in [0.2, 0.25) is 0 Å². The lowest BCUT2D eigenvalue weighted by Gasteiger charge is -2.15. The molecule has 2 aromatic carbocycles. The van der Waals surface area contributed by atoms with Crippen molar-refractivity contribution in [1.29, 1.82) is 0 Å². The van der Waals surface area contributed by atoms with Gasteiger partial charge in [0.15, 0.2) is 5.78 Å². The molecule has 0 aliphatic carbocycles. The number of aromatic nitrogens is 1. The molecule has 1 aliphatic rings. The Kier molecular flexibility index (Phi) is 7.16. The number of carbonyl (C=O) groups excluding carboxylic acids is 1. The van der Waals surface area contributed by atoms with E-state index in [9.17, 15) is 9.18 Å². The summed E-state index contributed by atoms with van der Waals surface area (Å²) < 4.78 is 20.6. The van der Waals surface area contributed by atoms with Crippen LogP contribution in [-0.2, 0) is 13.5 Å². The maximum Gasteiger partial charge on any atom is 0.163 e. The Morgan fingerprint density at radius 3 is 2.70 bits per heavy atom. The Balaban J connectivity index is 0.00000256. The number of halogens is 2. The zero-order valence-electron chi connectivity index (χ0n) is 17.4. The molecule has 0 bridgehead atoms. The molecule has 1 saturated heterocycles. The minimum atomic E-state index is -0.306. The lowest BCUT2D eigenvalue weighted by molar-refractivity contribution is 0.0962. The van der Waals surface area contributed by atoms with E-state index >= 15 is 0 Å². The molecule has 2 heterocycles. The highest BCUT2D eigenvalue weighted by molar-refractivity contribution is 5.96. The number of ketones is 1. The largest absolute Gasteiger partial charge is 0.497 e. The van der Waals surface area contributed by atoms with Gasteiger partial charge in [0.1, 0.15) is 11.6 Å². The van der Waals surface area contributed by atoms with Crippen molar-refractivity contribution < 1.29 is 13.9 Å². The Bertz CT molecular complexity index is 1020. The third-order valence-electron chi connectivity index (χ3n) is 5.99. The van der Waals surface area contributed by atoms with Crippen LogP contribution in [-0.4, -0.2) is 42.0 Å². The third kappa shape index (κ3) is 4.85. The predicted molar refractivity (Wildman–Crippen MR) is 120 cm³/mol. The highest BCUT2D eigenvalue weighted by Gasteiger charge is 2.25. The summed E-state index contributed by atoms with van der Waals surface area (Å²) >= 11 is 0. The second kappa shape index (κ2) is 9.63. The summed E-state index contributed by atoms with van der Waals surface area (Å²) in [5.74, 6) is 1.06. The number of hydrogen-bond acceptors (Lipinski definition) is 3. The highest BCUT2D eigenvalue weighted by atomic mass is 35.5. The van der Waals surface area contributed by atoms with Gasteiger partial charge in [0.25, 0.3) is 0 Å². The lowest BCUT2D eigenvalue weighted by atomic mass is 9.97. The van der Waals surface area contributed by atoms with Gasteiger partial charge in [0.05, 0.1) is 7.11 Å². The molecule has 0 N–H and O–H groups in total. The van der Waals surface area contributed by atoms with Crippen LogP contribution in [0.25, 0.3) is 10.9 Å². The Morgan fingerprint density at radius 2 is 1.97 bits per heavy atom. The zero-order chi connectivity index (χ0) is 20.4. The van der Waals surface area contributed by atoms with Gasteiger partial charge in [-0.3, -0.25) is 4.79 Å². The van der Waals surface area contributed by atoms with Crippen molar-refractivity contribution in [3.8, 4) is 5.75 Å². The van der Waals surface area contributed by atoms with Crippen molar-refractivity contribution in [2.75, 3.05) is 26.7 Å². The summed E-state index contributed by atoms with van der Waals surface area (Å²) in [5, 5.41) is 1.24. The van der Waals surface area contributed by atoms with Crippen LogP contribution >= 0.6 is 12.4 Å². The summed E-state index contributed by atoms with van der Waals surface area (Å²) in [5.41, 5.74) is 3.15. The third-order valence-corrected chi connectivity index (χ3v) is 5.99. The molecule has 30 heavy (non-hydrogen) atoms. The lowest BCUT2D eigenvalue weighted by Crippen LogP contribution is -2.24. The maximum atomic E-state index is 13.0. The topological polar surface area (TPSA) is 34.5 Å². The molecule has 0 amide bonds. The van der Waals surface area contributed by atoms with Crippen LogP contribution in [0.4, 0.5) is 4.39 Å². The summed E-state index contributed by atoms with van der Waals surface area (Å²) in [6, 6.07) is 12.1. The molecule has 1 aromatic heterocycles. The van der Waals surface area contributed by atoms with Gasteiger partial charge in [-0.05, 0) is 73.3 Å². The molecule has 6 heteroatoms. The van der Waals surface area contributed by atoms with Gasteiger partial charge in [-0.2, -0.15) is 0 Å². The quantitative estimate of drug-likeness (QED) is 0.501. The zero-order valence-corrected chi connectivity index (χ0v) is 18.3. The van der Waals surface area contributed by atoms with Gasteiger partial charge in [0.2, 0.25) is 0 Å². The monoisotopic (exact) mass is 430 g/mol. The fourth-order valence-corrected chi connectivity index (χ4v) is 4.36. The molecule has 1 aliphatic heterocycles. The molecule has 0 saturated carbocycles. The number of aryl methyl sites for hydroxylation is 1. The number of nitrogens with zero attached hydrogens (tertiary/aromatic N) is 2. The molecule has 0 radical (unpaired) electrons. The number of carbonyl (C=O) groups is 1. The standard InChI is InChI=1S/C24H27FN2O2.ClH/c1-26-16-19(22-14-21(29-2)7-8-23(22)26)10-12-27-11-9-17(15-27)13-24(28)18-3-5-20(25)6-4-18;/h3-8,14,16-17H,9-13,15H2,1-2H3;1H. The fraction of sp³-hybridized carbons (Fsp3) is 0.375. The van der Waals surface area contributed by atoms with E-state index < -0.39 is 0 Å². The molecule has 4 nitrogen and oxygen atoms in total.